The zero-order chi connectivity index (χ0) is 13.5. The van der Waals surface area contributed by atoms with Gasteiger partial charge < -0.3 is 4.74 Å². The summed E-state index contributed by atoms with van der Waals surface area (Å²) < 4.78 is 5.35. The van der Waals surface area contributed by atoms with E-state index in [1.54, 1.807) is 7.11 Å². The molecular weight excluding hydrogens is 276 g/mol. The third-order valence-corrected chi connectivity index (χ3v) is 4.46. The third-order valence-electron chi connectivity index (χ3n) is 3.15. The molecule has 1 heterocycles. The zero-order valence-corrected chi connectivity index (χ0v) is 12.7. The van der Waals surface area contributed by atoms with Crippen molar-refractivity contribution in [3.05, 3.63) is 52.2 Å². The van der Waals surface area contributed by atoms with Gasteiger partial charge in [0.15, 0.2) is 0 Å². The number of hydrogen-bond donors (Lipinski definition) is 0. The van der Waals surface area contributed by atoms with Crippen LogP contribution in [0.2, 0.25) is 0 Å². The highest BCUT2D eigenvalue weighted by Crippen LogP contribution is 2.23. The Kier molecular flexibility index (Phi) is 5.74. The van der Waals surface area contributed by atoms with E-state index in [-0.39, 0.29) is 5.38 Å². The van der Waals surface area contributed by atoms with Crippen LogP contribution in [0, 0.1) is 0 Å². The standard InChI is InChI=1S/C16H19ClOS/c1-18-16-10-3-2-6-13(16)12-14(17)7-4-8-15-9-5-11-19-15/h2-3,5-6,9-11,14H,4,7-8,12H2,1H3. The quantitative estimate of drug-likeness (QED) is 0.658. The van der Waals surface area contributed by atoms with E-state index in [9.17, 15) is 0 Å². The van der Waals surface area contributed by atoms with Crippen LogP contribution in [0.15, 0.2) is 41.8 Å². The Balaban J connectivity index is 1.79. The molecule has 0 N–H and O–H groups in total. The maximum Gasteiger partial charge on any atom is 0.122 e. The van der Waals surface area contributed by atoms with Gasteiger partial charge in [0.25, 0.3) is 0 Å². The highest BCUT2D eigenvalue weighted by molar-refractivity contribution is 7.09. The lowest BCUT2D eigenvalue weighted by Gasteiger charge is -2.12. The summed E-state index contributed by atoms with van der Waals surface area (Å²) in [6, 6.07) is 12.4. The van der Waals surface area contributed by atoms with Gasteiger partial charge in [0, 0.05) is 10.3 Å². The highest BCUT2D eigenvalue weighted by Gasteiger charge is 2.09. The number of alkyl halides is 1. The lowest BCUT2D eigenvalue weighted by atomic mass is 10.0. The number of halogens is 1. The number of benzene rings is 1. The van der Waals surface area contributed by atoms with E-state index >= 15 is 0 Å². The molecule has 0 saturated carbocycles. The van der Waals surface area contributed by atoms with Crippen LogP contribution < -0.4 is 4.74 Å². The monoisotopic (exact) mass is 294 g/mol. The number of rotatable bonds is 7. The summed E-state index contributed by atoms with van der Waals surface area (Å²) in [5.74, 6) is 0.936. The summed E-state index contributed by atoms with van der Waals surface area (Å²) in [7, 11) is 1.71. The lowest BCUT2D eigenvalue weighted by Crippen LogP contribution is -2.05. The van der Waals surface area contributed by atoms with Crippen molar-refractivity contribution in [2.75, 3.05) is 7.11 Å². The maximum absolute atomic E-state index is 6.43. The van der Waals surface area contributed by atoms with Gasteiger partial charge in [0.1, 0.15) is 5.75 Å². The van der Waals surface area contributed by atoms with Crippen molar-refractivity contribution < 1.29 is 4.74 Å². The van der Waals surface area contributed by atoms with Crippen molar-refractivity contribution in [2.45, 2.75) is 31.1 Å². The fourth-order valence-corrected chi connectivity index (χ4v) is 3.24. The van der Waals surface area contributed by atoms with E-state index in [2.05, 4.69) is 23.6 Å². The highest BCUT2D eigenvalue weighted by atomic mass is 35.5. The number of aryl methyl sites for hydroxylation is 1. The van der Waals surface area contributed by atoms with Crippen molar-refractivity contribution >= 4 is 22.9 Å². The van der Waals surface area contributed by atoms with Crippen molar-refractivity contribution in [3.63, 3.8) is 0 Å². The smallest absolute Gasteiger partial charge is 0.122 e. The van der Waals surface area contributed by atoms with Gasteiger partial charge in [-0.2, -0.15) is 0 Å². The average Bonchev–Trinajstić information content (AvgIpc) is 2.92. The number of para-hydroxylation sites is 1. The zero-order valence-electron chi connectivity index (χ0n) is 11.1. The topological polar surface area (TPSA) is 9.23 Å². The molecule has 0 fully saturated rings. The van der Waals surface area contributed by atoms with Gasteiger partial charge in [-0.25, -0.2) is 0 Å². The Morgan fingerprint density at radius 2 is 2.05 bits per heavy atom. The minimum Gasteiger partial charge on any atom is -0.496 e. The van der Waals surface area contributed by atoms with Crippen LogP contribution in [0.4, 0.5) is 0 Å². The molecule has 19 heavy (non-hydrogen) atoms. The molecule has 0 aliphatic carbocycles. The predicted octanol–water partition coefficient (Wildman–Crippen LogP) is 4.93. The first-order valence-corrected chi connectivity index (χ1v) is 7.89. The van der Waals surface area contributed by atoms with Crippen LogP contribution in [0.25, 0.3) is 0 Å². The van der Waals surface area contributed by atoms with E-state index < -0.39 is 0 Å². The van der Waals surface area contributed by atoms with Gasteiger partial charge in [-0.15, -0.1) is 22.9 Å². The second-order valence-electron chi connectivity index (χ2n) is 4.58. The molecule has 1 aromatic carbocycles. The molecule has 1 nitrogen and oxygen atoms in total. The third kappa shape index (κ3) is 4.55. The van der Waals surface area contributed by atoms with E-state index in [0.29, 0.717) is 0 Å². The SMILES string of the molecule is COc1ccccc1CC(Cl)CCCc1cccs1. The Morgan fingerprint density at radius 3 is 2.79 bits per heavy atom. The molecule has 0 bridgehead atoms. The van der Waals surface area contributed by atoms with E-state index in [1.165, 1.54) is 10.4 Å². The first-order valence-electron chi connectivity index (χ1n) is 6.58. The molecule has 0 saturated heterocycles. The van der Waals surface area contributed by atoms with Crippen molar-refractivity contribution in [1.29, 1.82) is 0 Å². The molecule has 0 aliphatic heterocycles. The maximum atomic E-state index is 6.43. The molecule has 0 radical (unpaired) electrons. The fourth-order valence-electron chi connectivity index (χ4n) is 2.16. The second-order valence-corrected chi connectivity index (χ2v) is 6.23. The average molecular weight is 295 g/mol. The molecule has 1 aromatic heterocycles. The number of thiophene rings is 1. The molecule has 0 spiro atoms. The Labute approximate surface area is 124 Å². The molecule has 1 unspecified atom stereocenters. The molecule has 102 valence electrons. The van der Waals surface area contributed by atoms with Gasteiger partial charge in [-0.1, -0.05) is 24.3 Å². The largest absolute Gasteiger partial charge is 0.496 e. The van der Waals surface area contributed by atoms with Crippen LogP contribution >= 0.6 is 22.9 Å². The van der Waals surface area contributed by atoms with Crippen molar-refractivity contribution in [2.24, 2.45) is 0 Å². The Morgan fingerprint density at radius 1 is 1.21 bits per heavy atom. The molecule has 0 amide bonds. The first kappa shape index (κ1) is 14.4. The normalized spacial score (nSPS) is 12.3. The van der Waals surface area contributed by atoms with Crippen molar-refractivity contribution in [3.8, 4) is 5.75 Å². The fraction of sp³-hybridized carbons (Fsp3) is 0.375. The second kappa shape index (κ2) is 7.56. The molecule has 2 aromatic rings. The van der Waals surface area contributed by atoms with Crippen LogP contribution in [-0.2, 0) is 12.8 Å². The van der Waals surface area contributed by atoms with Crippen molar-refractivity contribution in [1.82, 2.24) is 0 Å². The van der Waals surface area contributed by atoms with Crippen LogP contribution in [0.1, 0.15) is 23.3 Å². The van der Waals surface area contributed by atoms with Crippen LogP contribution in [-0.4, -0.2) is 12.5 Å². The number of hydrogen-bond acceptors (Lipinski definition) is 2. The Hall–Kier alpha value is -0.990. The summed E-state index contributed by atoms with van der Waals surface area (Å²) >= 11 is 8.25. The van der Waals surface area contributed by atoms with Crippen LogP contribution in [0.5, 0.6) is 5.75 Å². The van der Waals surface area contributed by atoms with E-state index in [0.717, 1.165) is 31.4 Å². The number of methoxy groups -OCH3 is 1. The Bertz CT molecular complexity index is 481. The van der Waals surface area contributed by atoms with E-state index in [4.69, 9.17) is 16.3 Å². The summed E-state index contributed by atoms with van der Waals surface area (Å²) in [5, 5.41) is 2.30. The lowest BCUT2D eigenvalue weighted by molar-refractivity contribution is 0.409. The molecular formula is C16H19ClOS. The molecule has 2 rings (SSSR count). The summed E-state index contributed by atoms with van der Waals surface area (Å²) in [6.07, 6.45) is 4.18. The van der Waals surface area contributed by atoms with Gasteiger partial charge in [0.2, 0.25) is 0 Å². The molecule has 3 heteroatoms. The minimum atomic E-state index is 0.177. The van der Waals surface area contributed by atoms with Gasteiger partial charge in [-0.05, 0) is 48.8 Å². The summed E-state index contributed by atoms with van der Waals surface area (Å²) in [4.78, 5) is 1.45. The molecule has 1 atom stereocenters. The molecule has 0 aliphatic rings. The summed E-state index contributed by atoms with van der Waals surface area (Å²) in [6.45, 7) is 0. The predicted molar refractivity (Wildman–Crippen MR) is 83.6 cm³/mol. The van der Waals surface area contributed by atoms with Crippen LogP contribution in [0.3, 0.4) is 0 Å². The number of ether oxygens (including phenoxy) is 1. The van der Waals surface area contributed by atoms with Gasteiger partial charge in [0.05, 0.1) is 7.11 Å². The van der Waals surface area contributed by atoms with E-state index in [1.807, 2.05) is 29.5 Å². The first-order chi connectivity index (χ1) is 9.29. The van der Waals surface area contributed by atoms with Gasteiger partial charge >= 0.3 is 0 Å². The van der Waals surface area contributed by atoms with Gasteiger partial charge in [-0.3, -0.25) is 0 Å². The minimum absolute atomic E-state index is 0.177. The summed E-state index contributed by atoms with van der Waals surface area (Å²) in [5.41, 5.74) is 1.20.